The number of aliphatic hydroxyl groups is 1. The first-order valence-electron chi connectivity index (χ1n) is 12.4. The summed E-state index contributed by atoms with van der Waals surface area (Å²) in [5.41, 5.74) is 1.51. The smallest absolute Gasteiger partial charge is 0.240 e. The van der Waals surface area contributed by atoms with E-state index in [-0.39, 0.29) is 22.8 Å². The molecule has 192 valence electrons. The molecule has 1 aromatic heterocycles. The number of benzene rings is 2. The number of aliphatic hydroxyl groups excluding tert-OH is 1. The molecule has 2 atom stereocenters. The van der Waals surface area contributed by atoms with Crippen LogP contribution >= 0.6 is 0 Å². The fourth-order valence-corrected chi connectivity index (χ4v) is 6.00. The highest BCUT2D eigenvalue weighted by Gasteiger charge is 2.31. The Morgan fingerprint density at radius 1 is 1.08 bits per heavy atom. The van der Waals surface area contributed by atoms with Crippen LogP contribution in [0.25, 0.3) is 10.9 Å². The minimum atomic E-state index is -3.72. The van der Waals surface area contributed by atoms with Gasteiger partial charge in [-0.2, -0.15) is 0 Å². The SMILES string of the molecule is CCOc1ccc2cc(S(=O)(=O)NC3CCC(C(=O)N[C@@H](c4ccccc4)[C@@H](C)O)CC3)ccc2n1. The first-order chi connectivity index (χ1) is 17.3. The second-order valence-corrected chi connectivity index (χ2v) is 11.0. The topological polar surface area (TPSA) is 118 Å². The van der Waals surface area contributed by atoms with Gasteiger partial charge in [0, 0.05) is 23.4 Å². The van der Waals surface area contributed by atoms with Crippen LogP contribution in [0.4, 0.5) is 0 Å². The van der Waals surface area contributed by atoms with Crippen molar-refractivity contribution >= 4 is 26.8 Å². The zero-order valence-corrected chi connectivity index (χ0v) is 21.4. The molecule has 2 aromatic carbocycles. The van der Waals surface area contributed by atoms with Crippen molar-refractivity contribution in [3.63, 3.8) is 0 Å². The number of rotatable bonds is 9. The molecule has 4 rings (SSSR count). The molecule has 1 heterocycles. The summed E-state index contributed by atoms with van der Waals surface area (Å²) in [6.07, 6.45) is 1.54. The van der Waals surface area contributed by atoms with Gasteiger partial charge in [-0.25, -0.2) is 18.1 Å². The van der Waals surface area contributed by atoms with Crippen molar-refractivity contribution in [2.45, 2.75) is 62.6 Å². The molecule has 3 aromatic rings. The summed E-state index contributed by atoms with van der Waals surface area (Å²) in [6, 6.07) is 17.0. The highest BCUT2D eigenvalue weighted by molar-refractivity contribution is 7.89. The van der Waals surface area contributed by atoms with Gasteiger partial charge in [0.1, 0.15) is 0 Å². The van der Waals surface area contributed by atoms with Crippen LogP contribution < -0.4 is 14.8 Å². The second-order valence-electron chi connectivity index (χ2n) is 9.24. The molecule has 0 saturated heterocycles. The Morgan fingerprint density at radius 3 is 2.47 bits per heavy atom. The third-order valence-electron chi connectivity index (χ3n) is 6.60. The zero-order valence-electron chi connectivity index (χ0n) is 20.6. The molecule has 8 nitrogen and oxygen atoms in total. The molecule has 1 aliphatic rings. The van der Waals surface area contributed by atoms with Crippen molar-refractivity contribution in [3.05, 3.63) is 66.2 Å². The highest BCUT2D eigenvalue weighted by Crippen LogP contribution is 2.28. The summed E-state index contributed by atoms with van der Waals surface area (Å²) in [5.74, 6) is 0.171. The number of nitrogens with one attached hydrogen (secondary N) is 2. The van der Waals surface area contributed by atoms with Crippen molar-refractivity contribution in [1.29, 1.82) is 0 Å². The molecule has 1 aliphatic carbocycles. The summed E-state index contributed by atoms with van der Waals surface area (Å²) in [5, 5.41) is 13.9. The third-order valence-corrected chi connectivity index (χ3v) is 8.11. The van der Waals surface area contributed by atoms with E-state index < -0.39 is 22.2 Å². The van der Waals surface area contributed by atoms with Crippen molar-refractivity contribution < 1.29 is 23.1 Å². The van der Waals surface area contributed by atoms with Crippen LogP contribution in [-0.4, -0.2) is 43.2 Å². The van der Waals surface area contributed by atoms with Gasteiger partial charge in [-0.15, -0.1) is 0 Å². The number of nitrogens with zero attached hydrogens (tertiary/aromatic N) is 1. The minimum Gasteiger partial charge on any atom is -0.478 e. The largest absolute Gasteiger partial charge is 0.478 e. The van der Waals surface area contributed by atoms with Gasteiger partial charge >= 0.3 is 0 Å². The van der Waals surface area contributed by atoms with Crippen LogP contribution in [0.3, 0.4) is 0 Å². The van der Waals surface area contributed by atoms with Crippen molar-refractivity contribution in [2.24, 2.45) is 5.92 Å². The van der Waals surface area contributed by atoms with Gasteiger partial charge in [0.05, 0.1) is 29.2 Å². The zero-order chi connectivity index (χ0) is 25.7. The number of ether oxygens (including phenoxy) is 1. The van der Waals surface area contributed by atoms with Crippen LogP contribution in [0.15, 0.2) is 65.6 Å². The van der Waals surface area contributed by atoms with Gasteiger partial charge in [-0.05, 0) is 69.4 Å². The van der Waals surface area contributed by atoms with E-state index in [2.05, 4.69) is 15.0 Å². The second kappa shape index (κ2) is 11.4. The lowest BCUT2D eigenvalue weighted by Crippen LogP contribution is -2.43. The van der Waals surface area contributed by atoms with Crippen LogP contribution in [0, 0.1) is 5.92 Å². The Hall–Kier alpha value is -3.01. The Balaban J connectivity index is 1.35. The number of pyridine rings is 1. The number of amides is 1. The maximum atomic E-state index is 13.0. The average Bonchev–Trinajstić information content (AvgIpc) is 2.87. The van der Waals surface area contributed by atoms with Gasteiger partial charge in [-0.1, -0.05) is 30.3 Å². The molecule has 0 spiro atoms. The minimum absolute atomic E-state index is 0.112. The molecule has 0 bridgehead atoms. The molecular formula is C27H33N3O5S. The van der Waals surface area contributed by atoms with E-state index in [0.717, 1.165) is 5.56 Å². The predicted molar refractivity (Wildman–Crippen MR) is 138 cm³/mol. The molecule has 1 fully saturated rings. The average molecular weight is 512 g/mol. The molecular weight excluding hydrogens is 478 g/mol. The van der Waals surface area contributed by atoms with Crippen molar-refractivity contribution in [1.82, 2.24) is 15.0 Å². The standard InChI is InChI=1S/C27H33N3O5S/c1-3-35-25-16-11-21-17-23(14-15-24(21)28-25)36(33,34)30-22-12-9-20(10-13-22)27(32)29-26(18(2)31)19-7-5-4-6-8-19/h4-8,11,14-18,20,22,26,30-31H,3,9-10,12-13H2,1-2H3,(H,29,32)/t18-,20?,22?,26-/m1/s1. The Morgan fingerprint density at radius 2 is 1.81 bits per heavy atom. The Bertz CT molecular complexity index is 1290. The first-order valence-corrected chi connectivity index (χ1v) is 13.8. The van der Waals surface area contributed by atoms with Gasteiger partial charge in [-0.3, -0.25) is 4.79 Å². The first kappa shape index (κ1) is 26.1. The van der Waals surface area contributed by atoms with Crippen LogP contribution in [0.1, 0.15) is 51.1 Å². The number of hydrogen-bond acceptors (Lipinski definition) is 6. The predicted octanol–water partition coefficient (Wildman–Crippen LogP) is 3.71. The molecule has 3 N–H and O–H groups in total. The highest BCUT2D eigenvalue weighted by atomic mass is 32.2. The molecule has 0 unspecified atom stereocenters. The molecule has 0 radical (unpaired) electrons. The fraction of sp³-hybridized carbons (Fsp3) is 0.407. The van der Waals surface area contributed by atoms with Gasteiger partial charge in [0.25, 0.3) is 0 Å². The summed E-state index contributed by atoms with van der Waals surface area (Å²) in [4.78, 5) is 17.5. The summed E-state index contributed by atoms with van der Waals surface area (Å²) >= 11 is 0. The van der Waals surface area contributed by atoms with E-state index in [1.807, 2.05) is 37.3 Å². The summed E-state index contributed by atoms with van der Waals surface area (Å²) in [7, 11) is -3.72. The summed E-state index contributed by atoms with van der Waals surface area (Å²) in [6.45, 7) is 4.04. The van der Waals surface area contributed by atoms with Gasteiger partial charge < -0.3 is 15.2 Å². The number of carbonyl (C=O) groups is 1. The van der Waals surface area contributed by atoms with E-state index in [1.165, 1.54) is 0 Å². The van der Waals surface area contributed by atoms with Crippen molar-refractivity contribution in [2.75, 3.05) is 6.61 Å². The third kappa shape index (κ3) is 6.21. The number of sulfonamides is 1. The number of carbonyl (C=O) groups excluding carboxylic acids is 1. The van der Waals surface area contributed by atoms with Crippen LogP contribution in [0.2, 0.25) is 0 Å². The number of fused-ring (bicyclic) bond motifs is 1. The van der Waals surface area contributed by atoms with E-state index in [4.69, 9.17) is 4.74 Å². The Labute approximate surface area is 212 Å². The van der Waals surface area contributed by atoms with E-state index in [0.29, 0.717) is 49.1 Å². The lowest BCUT2D eigenvalue weighted by molar-refractivity contribution is -0.127. The van der Waals surface area contributed by atoms with Crippen LogP contribution in [0.5, 0.6) is 5.88 Å². The van der Waals surface area contributed by atoms with Gasteiger partial charge in [0.15, 0.2) is 0 Å². The number of aromatic nitrogens is 1. The fourth-order valence-electron chi connectivity index (χ4n) is 4.66. The van der Waals surface area contributed by atoms with Crippen LogP contribution in [-0.2, 0) is 14.8 Å². The number of hydrogen-bond donors (Lipinski definition) is 3. The van der Waals surface area contributed by atoms with E-state index in [9.17, 15) is 18.3 Å². The Kier molecular flexibility index (Phi) is 8.23. The van der Waals surface area contributed by atoms with Crippen molar-refractivity contribution in [3.8, 4) is 5.88 Å². The molecule has 1 amide bonds. The van der Waals surface area contributed by atoms with E-state index >= 15 is 0 Å². The molecule has 0 aliphatic heterocycles. The lowest BCUT2D eigenvalue weighted by Gasteiger charge is -2.30. The normalized spacial score (nSPS) is 20.0. The lowest BCUT2D eigenvalue weighted by atomic mass is 9.85. The monoisotopic (exact) mass is 511 g/mol. The molecule has 1 saturated carbocycles. The molecule has 36 heavy (non-hydrogen) atoms. The maximum Gasteiger partial charge on any atom is 0.240 e. The quantitative estimate of drug-likeness (QED) is 0.403. The maximum absolute atomic E-state index is 13.0. The molecule has 9 heteroatoms. The van der Waals surface area contributed by atoms with E-state index in [1.54, 1.807) is 37.3 Å². The van der Waals surface area contributed by atoms with Gasteiger partial charge in [0.2, 0.25) is 21.8 Å². The summed E-state index contributed by atoms with van der Waals surface area (Å²) < 4.78 is 34.3.